The molecular formula is C21H19FOS. The number of thioether (sulfide) groups is 1. The summed E-state index contributed by atoms with van der Waals surface area (Å²) >= 11 is 1.89. The fourth-order valence-corrected chi connectivity index (χ4v) is 4.32. The Hall–Kier alpha value is -2.05. The summed E-state index contributed by atoms with van der Waals surface area (Å²) in [6.45, 7) is 5.88. The molecule has 24 heavy (non-hydrogen) atoms. The van der Waals surface area contributed by atoms with Gasteiger partial charge in [-0.25, -0.2) is 4.39 Å². The molecule has 2 aromatic rings. The van der Waals surface area contributed by atoms with Crippen LogP contribution in [-0.2, 0) is 5.41 Å². The second-order valence-corrected chi connectivity index (χ2v) is 7.83. The Morgan fingerprint density at radius 3 is 2.46 bits per heavy atom. The predicted molar refractivity (Wildman–Crippen MR) is 97.2 cm³/mol. The zero-order chi connectivity index (χ0) is 17.3. The zero-order valence-corrected chi connectivity index (χ0v) is 14.9. The second kappa shape index (κ2) is 6.45. The lowest BCUT2D eigenvalue weighted by Crippen LogP contribution is -2.22. The van der Waals surface area contributed by atoms with Gasteiger partial charge in [0.2, 0.25) is 0 Å². The molecule has 0 radical (unpaired) electrons. The number of rotatable bonds is 1. The molecule has 0 N–H and O–H groups in total. The van der Waals surface area contributed by atoms with Gasteiger partial charge in [0, 0.05) is 16.0 Å². The summed E-state index contributed by atoms with van der Waals surface area (Å²) in [7, 11) is 0. The Kier molecular flexibility index (Phi) is 4.51. The molecule has 2 aromatic carbocycles. The van der Waals surface area contributed by atoms with Crippen molar-refractivity contribution in [3.8, 4) is 11.8 Å². The SMILES string of the molecule is CC(=O)c1ccc(C#Cc2ccc3c(c2)C(C)(C)CCS3)cc1F. The molecule has 1 aliphatic heterocycles. The van der Waals surface area contributed by atoms with Crippen LogP contribution in [0.3, 0.4) is 0 Å². The van der Waals surface area contributed by atoms with Gasteiger partial charge in [0.15, 0.2) is 5.78 Å². The van der Waals surface area contributed by atoms with Gasteiger partial charge < -0.3 is 0 Å². The maximum Gasteiger partial charge on any atom is 0.162 e. The van der Waals surface area contributed by atoms with Crippen LogP contribution in [0.25, 0.3) is 0 Å². The quantitative estimate of drug-likeness (QED) is 0.525. The van der Waals surface area contributed by atoms with Gasteiger partial charge in [-0.2, -0.15) is 0 Å². The van der Waals surface area contributed by atoms with Crippen molar-refractivity contribution in [3.63, 3.8) is 0 Å². The molecule has 0 spiro atoms. The van der Waals surface area contributed by atoms with Crippen LogP contribution in [0.2, 0.25) is 0 Å². The van der Waals surface area contributed by atoms with Gasteiger partial charge in [0.25, 0.3) is 0 Å². The summed E-state index contributed by atoms with van der Waals surface area (Å²) in [6.07, 6.45) is 1.15. The van der Waals surface area contributed by atoms with Gasteiger partial charge in [-0.05, 0) is 66.5 Å². The number of carbonyl (C=O) groups excluding carboxylic acids is 1. The molecule has 0 aliphatic carbocycles. The first-order valence-electron chi connectivity index (χ1n) is 7.97. The van der Waals surface area contributed by atoms with E-state index in [-0.39, 0.29) is 16.8 Å². The normalized spacial score (nSPS) is 15.2. The van der Waals surface area contributed by atoms with E-state index in [4.69, 9.17) is 0 Å². The predicted octanol–water partition coefficient (Wildman–Crippen LogP) is 5.20. The van der Waals surface area contributed by atoms with E-state index in [0.717, 1.165) is 17.7 Å². The summed E-state index contributed by atoms with van der Waals surface area (Å²) in [5, 5.41) is 0. The average Bonchev–Trinajstić information content (AvgIpc) is 2.52. The van der Waals surface area contributed by atoms with Crippen LogP contribution < -0.4 is 0 Å². The molecule has 3 heteroatoms. The van der Waals surface area contributed by atoms with Crippen molar-refractivity contribution in [1.82, 2.24) is 0 Å². The maximum absolute atomic E-state index is 13.9. The Balaban J connectivity index is 1.92. The van der Waals surface area contributed by atoms with E-state index in [9.17, 15) is 9.18 Å². The highest BCUT2D eigenvalue weighted by atomic mass is 32.2. The minimum Gasteiger partial charge on any atom is -0.294 e. The molecule has 1 aliphatic rings. The van der Waals surface area contributed by atoms with Crippen molar-refractivity contribution in [1.29, 1.82) is 0 Å². The molecule has 3 rings (SSSR count). The third-order valence-electron chi connectivity index (χ3n) is 4.39. The molecular weight excluding hydrogens is 319 g/mol. The Morgan fingerprint density at radius 2 is 1.79 bits per heavy atom. The van der Waals surface area contributed by atoms with Gasteiger partial charge in [0.1, 0.15) is 5.82 Å². The van der Waals surface area contributed by atoms with Crippen LogP contribution in [0.15, 0.2) is 41.3 Å². The van der Waals surface area contributed by atoms with Crippen LogP contribution in [-0.4, -0.2) is 11.5 Å². The van der Waals surface area contributed by atoms with E-state index in [1.807, 2.05) is 17.8 Å². The Labute approximate surface area is 146 Å². The van der Waals surface area contributed by atoms with Gasteiger partial charge in [-0.3, -0.25) is 4.79 Å². The molecule has 0 saturated heterocycles. The number of Topliss-reactive ketones (excluding diaryl/α,β-unsaturated/α-hetero) is 1. The van der Waals surface area contributed by atoms with E-state index in [1.54, 1.807) is 6.07 Å². The minimum atomic E-state index is -0.516. The summed E-state index contributed by atoms with van der Waals surface area (Å²) in [5.74, 6) is 6.46. The van der Waals surface area contributed by atoms with E-state index < -0.39 is 5.82 Å². The van der Waals surface area contributed by atoms with Crippen molar-refractivity contribution in [2.24, 2.45) is 0 Å². The van der Waals surface area contributed by atoms with Crippen LogP contribution in [0.4, 0.5) is 4.39 Å². The highest BCUT2D eigenvalue weighted by molar-refractivity contribution is 7.99. The Bertz CT molecular complexity index is 871. The number of halogens is 1. The number of hydrogen-bond donors (Lipinski definition) is 0. The number of fused-ring (bicyclic) bond motifs is 1. The largest absolute Gasteiger partial charge is 0.294 e. The van der Waals surface area contributed by atoms with Crippen LogP contribution in [0, 0.1) is 17.7 Å². The first-order chi connectivity index (χ1) is 11.4. The topological polar surface area (TPSA) is 17.1 Å². The van der Waals surface area contributed by atoms with Crippen LogP contribution in [0.5, 0.6) is 0 Å². The molecule has 122 valence electrons. The van der Waals surface area contributed by atoms with Crippen LogP contribution >= 0.6 is 11.8 Å². The van der Waals surface area contributed by atoms with Gasteiger partial charge in [-0.15, -0.1) is 11.8 Å². The van der Waals surface area contributed by atoms with Crippen LogP contribution in [0.1, 0.15) is 54.2 Å². The lowest BCUT2D eigenvalue weighted by molar-refractivity contribution is 0.101. The molecule has 0 atom stereocenters. The van der Waals surface area contributed by atoms with E-state index >= 15 is 0 Å². The molecule has 0 aromatic heterocycles. The number of hydrogen-bond acceptors (Lipinski definition) is 2. The second-order valence-electron chi connectivity index (χ2n) is 6.69. The van der Waals surface area contributed by atoms with Crippen molar-refractivity contribution in [2.75, 3.05) is 5.75 Å². The average molecular weight is 338 g/mol. The van der Waals surface area contributed by atoms with Crippen molar-refractivity contribution < 1.29 is 9.18 Å². The third-order valence-corrected chi connectivity index (χ3v) is 5.47. The number of benzene rings is 2. The monoisotopic (exact) mass is 338 g/mol. The van der Waals surface area contributed by atoms with Crippen molar-refractivity contribution in [3.05, 3.63) is 64.5 Å². The van der Waals surface area contributed by atoms with Crippen molar-refractivity contribution in [2.45, 2.75) is 37.5 Å². The maximum atomic E-state index is 13.9. The summed E-state index contributed by atoms with van der Waals surface area (Å²) in [5.41, 5.74) is 3.11. The standard InChI is InChI=1S/C21H19FOS/c1-14(23)17-8-6-16(13-19(17)22)5-4-15-7-9-20-18(12-15)21(2,3)10-11-24-20/h6-9,12-13H,10-11H2,1-3H3. The summed E-state index contributed by atoms with van der Waals surface area (Å²) in [4.78, 5) is 12.6. The third kappa shape index (κ3) is 3.39. The lowest BCUT2D eigenvalue weighted by atomic mass is 9.81. The zero-order valence-electron chi connectivity index (χ0n) is 14.1. The van der Waals surface area contributed by atoms with Crippen molar-refractivity contribution >= 4 is 17.5 Å². The first kappa shape index (κ1) is 16.8. The molecule has 0 amide bonds. The summed E-state index contributed by atoms with van der Waals surface area (Å²) in [6, 6.07) is 10.8. The summed E-state index contributed by atoms with van der Waals surface area (Å²) < 4.78 is 13.9. The molecule has 0 bridgehead atoms. The highest BCUT2D eigenvalue weighted by Gasteiger charge is 2.27. The highest BCUT2D eigenvalue weighted by Crippen LogP contribution is 2.41. The van der Waals surface area contributed by atoms with E-state index in [1.165, 1.54) is 29.5 Å². The molecule has 1 heterocycles. The van der Waals surface area contributed by atoms with E-state index in [2.05, 4.69) is 37.8 Å². The van der Waals surface area contributed by atoms with Gasteiger partial charge >= 0.3 is 0 Å². The van der Waals surface area contributed by atoms with Gasteiger partial charge in [-0.1, -0.05) is 25.7 Å². The lowest BCUT2D eigenvalue weighted by Gasteiger charge is -2.32. The fourth-order valence-electron chi connectivity index (χ4n) is 2.84. The number of carbonyl (C=O) groups is 1. The minimum absolute atomic E-state index is 0.105. The fraction of sp³-hybridized carbons (Fsp3) is 0.286. The molecule has 0 unspecified atom stereocenters. The smallest absolute Gasteiger partial charge is 0.162 e. The molecule has 0 fully saturated rings. The Morgan fingerprint density at radius 1 is 1.12 bits per heavy atom. The molecule has 0 saturated carbocycles. The molecule has 1 nitrogen and oxygen atoms in total. The van der Waals surface area contributed by atoms with Gasteiger partial charge in [0.05, 0.1) is 5.56 Å². The first-order valence-corrected chi connectivity index (χ1v) is 8.95. The number of ketones is 1. The van der Waals surface area contributed by atoms with E-state index in [0.29, 0.717) is 5.56 Å².